The van der Waals surface area contributed by atoms with Crippen LogP contribution in [0.3, 0.4) is 0 Å². The number of amides is 3. The van der Waals surface area contributed by atoms with Gasteiger partial charge in [0.15, 0.2) is 6.10 Å². The number of carbonyl (C=O) groups is 2. The third-order valence-corrected chi connectivity index (χ3v) is 4.47. The first-order valence-electron chi connectivity index (χ1n) is 8.46. The van der Waals surface area contributed by atoms with Crippen molar-refractivity contribution >= 4 is 23.3 Å². The van der Waals surface area contributed by atoms with Crippen molar-refractivity contribution in [3.63, 3.8) is 0 Å². The van der Waals surface area contributed by atoms with Gasteiger partial charge < -0.3 is 26.1 Å². The highest BCUT2D eigenvalue weighted by atomic mass is 16.6. The van der Waals surface area contributed by atoms with E-state index in [2.05, 4.69) is 32.8 Å². The number of hydrogen-bond donors (Lipinski definition) is 3. The van der Waals surface area contributed by atoms with Crippen molar-refractivity contribution in [2.24, 2.45) is 16.8 Å². The molecule has 8 heteroatoms. The molecule has 134 valence electrons. The van der Waals surface area contributed by atoms with E-state index < -0.39 is 5.91 Å². The molecule has 0 radical (unpaired) electrons. The molecule has 0 unspecified atom stereocenters. The molecule has 1 saturated heterocycles. The Labute approximate surface area is 146 Å². The summed E-state index contributed by atoms with van der Waals surface area (Å²) in [5, 5.41) is 9.24. The number of nitrogens with two attached hydrogens (primary N) is 1. The summed E-state index contributed by atoms with van der Waals surface area (Å²) in [5.41, 5.74) is 6.56. The molecule has 1 fully saturated rings. The molecule has 0 bridgehead atoms. The molecule has 2 aliphatic rings. The van der Waals surface area contributed by atoms with Gasteiger partial charge in [-0.2, -0.15) is 0 Å². The Balaban J connectivity index is 1.33. The van der Waals surface area contributed by atoms with Crippen molar-refractivity contribution in [3.05, 3.63) is 30.3 Å². The van der Waals surface area contributed by atoms with Gasteiger partial charge in [-0.15, -0.1) is 0 Å². The zero-order chi connectivity index (χ0) is 17.6. The maximum Gasteiger partial charge on any atom is 0.314 e. The van der Waals surface area contributed by atoms with Crippen LogP contribution < -0.4 is 21.3 Å². The fourth-order valence-electron chi connectivity index (χ4n) is 3.06. The fourth-order valence-corrected chi connectivity index (χ4v) is 3.06. The Bertz CT molecular complexity index is 649. The maximum atomic E-state index is 11.9. The smallest absolute Gasteiger partial charge is 0.314 e. The van der Waals surface area contributed by atoms with Crippen molar-refractivity contribution in [2.75, 3.05) is 31.1 Å². The molecule has 2 atom stereocenters. The van der Waals surface area contributed by atoms with Crippen LogP contribution in [-0.2, 0) is 9.63 Å². The van der Waals surface area contributed by atoms with Crippen LogP contribution >= 0.6 is 0 Å². The average molecular weight is 345 g/mol. The highest BCUT2D eigenvalue weighted by Gasteiger charge is 2.25. The van der Waals surface area contributed by atoms with Crippen LogP contribution in [0.1, 0.15) is 12.8 Å². The SMILES string of the molecule is NC(=O)C1=NO[C@H](CNC(=O)NC[C@@H]2CCN(c3ccccc3)C2)C1. The zero-order valence-corrected chi connectivity index (χ0v) is 14.0. The van der Waals surface area contributed by atoms with Crippen LogP contribution in [0, 0.1) is 5.92 Å². The molecule has 2 aliphatic heterocycles. The van der Waals surface area contributed by atoms with Gasteiger partial charge in [-0.1, -0.05) is 23.4 Å². The van der Waals surface area contributed by atoms with Gasteiger partial charge in [-0.3, -0.25) is 4.79 Å². The van der Waals surface area contributed by atoms with Crippen molar-refractivity contribution in [1.82, 2.24) is 10.6 Å². The van der Waals surface area contributed by atoms with E-state index >= 15 is 0 Å². The molecule has 1 aromatic carbocycles. The Morgan fingerprint density at radius 2 is 2.00 bits per heavy atom. The number of nitrogens with zero attached hydrogens (tertiary/aromatic N) is 2. The highest BCUT2D eigenvalue weighted by molar-refractivity contribution is 6.38. The van der Waals surface area contributed by atoms with Gasteiger partial charge in [0.25, 0.3) is 5.91 Å². The summed E-state index contributed by atoms with van der Waals surface area (Å²) in [7, 11) is 0. The lowest BCUT2D eigenvalue weighted by Gasteiger charge is -2.19. The summed E-state index contributed by atoms with van der Waals surface area (Å²) >= 11 is 0. The average Bonchev–Trinajstić information content (AvgIpc) is 3.28. The van der Waals surface area contributed by atoms with Crippen molar-refractivity contribution in [2.45, 2.75) is 18.9 Å². The monoisotopic (exact) mass is 345 g/mol. The first kappa shape index (κ1) is 17.1. The molecule has 25 heavy (non-hydrogen) atoms. The molecule has 0 aromatic heterocycles. The largest absolute Gasteiger partial charge is 0.390 e. The van der Waals surface area contributed by atoms with E-state index in [1.807, 2.05) is 18.2 Å². The summed E-state index contributed by atoms with van der Waals surface area (Å²) in [4.78, 5) is 30.3. The van der Waals surface area contributed by atoms with Crippen molar-refractivity contribution in [1.29, 1.82) is 0 Å². The molecule has 0 spiro atoms. The normalized spacial score (nSPS) is 22.2. The van der Waals surface area contributed by atoms with Crippen LogP contribution in [0.15, 0.2) is 35.5 Å². The zero-order valence-electron chi connectivity index (χ0n) is 14.0. The number of oxime groups is 1. The van der Waals surface area contributed by atoms with Crippen molar-refractivity contribution in [3.8, 4) is 0 Å². The molecule has 2 heterocycles. The third-order valence-electron chi connectivity index (χ3n) is 4.47. The molecule has 3 rings (SSSR count). The quantitative estimate of drug-likeness (QED) is 0.695. The van der Waals surface area contributed by atoms with E-state index in [9.17, 15) is 9.59 Å². The van der Waals surface area contributed by atoms with E-state index in [-0.39, 0.29) is 24.4 Å². The minimum atomic E-state index is -0.587. The lowest BCUT2D eigenvalue weighted by atomic mass is 10.1. The fraction of sp³-hybridized carbons (Fsp3) is 0.471. The van der Waals surface area contributed by atoms with Gasteiger partial charge in [0.1, 0.15) is 5.71 Å². The summed E-state index contributed by atoms with van der Waals surface area (Å²) in [6.45, 7) is 2.85. The van der Waals surface area contributed by atoms with E-state index in [1.54, 1.807) is 0 Å². The van der Waals surface area contributed by atoms with Crippen LogP contribution in [-0.4, -0.2) is 49.9 Å². The lowest BCUT2D eigenvalue weighted by molar-refractivity contribution is -0.112. The number of anilines is 1. The Hall–Kier alpha value is -2.77. The lowest BCUT2D eigenvalue weighted by Crippen LogP contribution is -2.42. The Morgan fingerprint density at radius 1 is 1.24 bits per heavy atom. The van der Waals surface area contributed by atoms with Crippen molar-refractivity contribution < 1.29 is 14.4 Å². The van der Waals surface area contributed by atoms with Gasteiger partial charge in [0.2, 0.25) is 0 Å². The predicted octanol–water partition coefficient (Wildman–Crippen LogP) is 0.442. The predicted molar refractivity (Wildman–Crippen MR) is 94.3 cm³/mol. The van der Waals surface area contributed by atoms with Gasteiger partial charge in [-0.25, -0.2) is 4.79 Å². The summed E-state index contributed by atoms with van der Waals surface area (Å²) in [6.07, 6.45) is 1.04. The Kier molecular flexibility index (Phi) is 5.37. The number of primary amides is 1. The Morgan fingerprint density at radius 3 is 2.72 bits per heavy atom. The van der Waals surface area contributed by atoms with E-state index in [0.717, 1.165) is 19.5 Å². The number of rotatable bonds is 6. The summed E-state index contributed by atoms with van der Waals surface area (Å²) in [6, 6.07) is 10.0. The summed E-state index contributed by atoms with van der Waals surface area (Å²) in [5.74, 6) is -0.158. The molecule has 0 saturated carbocycles. The van der Waals surface area contributed by atoms with Crippen LogP contribution in [0.5, 0.6) is 0 Å². The van der Waals surface area contributed by atoms with E-state index in [1.165, 1.54) is 5.69 Å². The van der Waals surface area contributed by atoms with Gasteiger partial charge in [0, 0.05) is 31.7 Å². The second-order valence-electron chi connectivity index (χ2n) is 6.36. The second kappa shape index (κ2) is 7.87. The number of urea groups is 1. The third kappa shape index (κ3) is 4.62. The number of benzene rings is 1. The number of para-hydroxylation sites is 1. The number of nitrogens with one attached hydrogen (secondary N) is 2. The van der Waals surface area contributed by atoms with Crippen LogP contribution in [0.2, 0.25) is 0 Å². The molecule has 1 aromatic rings. The summed E-state index contributed by atoms with van der Waals surface area (Å²) < 4.78 is 0. The molecular weight excluding hydrogens is 322 g/mol. The van der Waals surface area contributed by atoms with Crippen LogP contribution in [0.4, 0.5) is 10.5 Å². The maximum absolute atomic E-state index is 11.9. The highest BCUT2D eigenvalue weighted by Crippen LogP contribution is 2.22. The standard InChI is InChI=1S/C17H23N5O3/c18-16(23)15-8-14(25-21-15)10-20-17(24)19-9-12-6-7-22(11-12)13-4-2-1-3-5-13/h1-5,12,14H,6-11H2,(H2,18,23)(H2,19,20,24)/t12-,14-/m0/s1. The number of carbonyl (C=O) groups excluding carboxylic acids is 2. The molecule has 0 aliphatic carbocycles. The first-order chi connectivity index (χ1) is 12.1. The number of hydrogen-bond acceptors (Lipinski definition) is 5. The van der Waals surface area contributed by atoms with Gasteiger partial charge in [0.05, 0.1) is 6.54 Å². The molecular formula is C17H23N5O3. The minimum Gasteiger partial charge on any atom is -0.390 e. The topological polar surface area (TPSA) is 109 Å². The second-order valence-corrected chi connectivity index (χ2v) is 6.36. The molecule has 4 N–H and O–H groups in total. The van der Waals surface area contributed by atoms with Gasteiger partial charge >= 0.3 is 6.03 Å². The minimum absolute atomic E-state index is 0.208. The van der Waals surface area contributed by atoms with E-state index in [0.29, 0.717) is 18.9 Å². The molecule has 8 nitrogen and oxygen atoms in total. The van der Waals surface area contributed by atoms with Crippen LogP contribution in [0.25, 0.3) is 0 Å². The molecule has 3 amide bonds. The first-order valence-corrected chi connectivity index (χ1v) is 8.46. The van der Waals surface area contributed by atoms with E-state index in [4.69, 9.17) is 10.6 Å². The van der Waals surface area contributed by atoms with Gasteiger partial charge in [-0.05, 0) is 24.5 Å².